The molecule has 2 heterocycles. The van der Waals surface area contributed by atoms with E-state index in [1.54, 1.807) is 12.1 Å². The van der Waals surface area contributed by atoms with Crippen LogP contribution in [0.2, 0.25) is 10.0 Å². The number of carbonyl (C=O) groups is 2. The summed E-state index contributed by atoms with van der Waals surface area (Å²) >= 11 is 12.4. The highest BCUT2D eigenvalue weighted by Crippen LogP contribution is 2.61. The maximum Gasteiger partial charge on any atom is 0.223 e. The number of nitrogens with zero attached hydrogens (tertiary/aromatic N) is 1. The van der Waals surface area contributed by atoms with Crippen LogP contribution in [0.25, 0.3) is 0 Å². The lowest BCUT2D eigenvalue weighted by molar-refractivity contribution is -0.142. The monoisotopic (exact) mass is 461 g/mol. The van der Waals surface area contributed by atoms with Crippen molar-refractivity contribution in [2.24, 2.45) is 23.2 Å². The Morgan fingerprint density at radius 3 is 2.26 bits per heavy atom. The molecule has 1 spiro atoms. The van der Waals surface area contributed by atoms with E-state index in [1.165, 1.54) is 38.5 Å². The zero-order valence-corrected chi connectivity index (χ0v) is 19.3. The van der Waals surface area contributed by atoms with Gasteiger partial charge in [-0.15, -0.1) is 0 Å². The minimum Gasteiger partial charge on any atom is -0.484 e. The Balaban J connectivity index is 1.13. The molecule has 7 rings (SSSR count). The van der Waals surface area contributed by atoms with Crippen molar-refractivity contribution in [3.8, 4) is 5.75 Å². The van der Waals surface area contributed by atoms with Gasteiger partial charge >= 0.3 is 0 Å². The molecule has 0 aromatic heterocycles. The van der Waals surface area contributed by atoms with Crippen LogP contribution in [0.1, 0.15) is 74.6 Å². The molecule has 1 saturated heterocycles. The van der Waals surface area contributed by atoms with Gasteiger partial charge in [0.15, 0.2) is 5.78 Å². The molecule has 0 N–H and O–H groups in total. The largest absolute Gasteiger partial charge is 0.484 e. The minimum atomic E-state index is -0.557. The van der Waals surface area contributed by atoms with E-state index in [1.807, 2.05) is 4.90 Å². The normalized spacial score (nSPS) is 35.2. The lowest BCUT2D eigenvalue weighted by Gasteiger charge is -2.57. The number of fused-ring (bicyclic) bond motifs is 1. The number of hydrogen-bond acceptors (Lipinski definition) is 3. The van der Waals surface area contributed by atoms with Gasteiger partial charge in [0, 0.05) is 37.4 Å². The first kappa shape index (κ1) is 20.4. The van der Waals surface area contributed by atoms with Crippen molar-refractivity contribution < 1.29 is 14.3 Å². The third-order valence-corrected chi connectivity index (χ3v) is 9.33. The summed E-state index contributed by atoms with van der Waals surface area (Å²) in [6.07, 6.45) is 10.4. The second kappa shape index (κ2) is 7.12. The quantitative estimate of drug-likeness (QED) is 0.548. The van der Waals surface area contributed by atoms with Crippen LogP contribution in [0, 0.1) is 23.2 Å². The van der Waals surface area contributed by atoms with Crippen molar-refractivity contribution in [3.05, 3.63) is 27.7 Å². The molecule has 166 valence electrons. The fourth-order valence-electron chi connectivity index (χ4n) is 7.89. The number of Topliss-reactive ketones (excluding diaryl/α,β-unsaturated/α-hetero) is 1. The lowest BCUT2D eigenvalue weighted by atomic mass is 9.49. The summed E-state index contributed by atoms with van der Waals surface area (Å²) in [5.74, 6) is 3.38. The number of carbonyl (C=O) groups excluding carboxylic acids is 2. The number of halogens is 2. The van der Waals surface area contributed by atoms with E-state index in [-0.39, 0.29) is 11.2 Å². The maximum absolute atomic E-state index is 13.3. The van der Waals surface area contributed by atoms with Crippen molar-refractivity contribution in [2.45, 2.75) is 69.8 Å². The molecule has 4 aliphatic carbocycles. The van der Waals surface area contributed by atoms with Crippen LogP contribution < -0.4 is 4.74 Å². The van der Waals surface area contributed by atoms with Crippen LogP contribution in [0.3, 0.4) is 0 Å². The van der Waals surface area contributed by atoms with Gasteiger partial charge in [0.05, 0.1) is 17.0 Å². The molecule has 0 unspecified atom stereocenters. The molecule has 6 heteroatoms. The fourth-order valence-corrected chi connectivity index (χ4v) is 8.43. The van der Waals surface area contributed by atoms with Crippen molar-refractivity contribution >= 4 is 34.9 Å². The first-order valence-electron chi connectivity index (χ1n) is 11.8. The second-order valence-corrected chi connectivity index (χ2v) is 12.0. The topological polar surface area (TPSA) is 46.6 Å². The summed E-state index contributed by atoms with van der Waals surface area (Å²) in [5, 5.41) is 0.831. The first-order chi connectivity index (χ1) is 14.8. The number of rotatable bonds is 2. The fraction of sp³-hybridized carbons (Fsp3) is 0.680. The van der Waals surface area contributed by atoms with Gasteiger partial charge in [-0.3, -0.25) is 9.59 Å². The van der Waals surface area contributed by atoms with Gasteiger partial charge in [-0.2, -0.15) is 0 Å². The summed E-state index contributed by atoms with van der Waals surface area (Å²) in [7, 11) is 0. The van der Waals surface area contributed by atoms with E-state index in [0.29, 0.717) is 59.6 Å². The molecule has 4 bridgehead atoms. The standard InChI is InChI=1S/C25H29Cl2NO3/c26-18-8-19-21(29)13-25(31-23(19)20(27)9-18)1-3-28(4-2-25)22(30)14-24-10-15-5-16(11-24)7-17(6-15)12-24/h8-9,15-17H,1-7,10-14H2. The molecular weight excluding hydrogens is 433 g/mol. The van der Waals surface area contributed by atoms with Gasteiger partial charge in [-0.05, 0) is 73.8 Å². The molecule has 5 fully saturated rings. The van der Waals surface area contributed by atoms with Crippen LogP contribution in [0.4, 0.5) is 0 Å². The average Bonchev–Trinajstić information content (AvgIpc) is 2.68. The van der Waals surface area contributed by atoms with Crippen molar-refractivity contribution in [1.29, 1.82) is 0 Å². The van der Waals surface area contributed by atoms with E-state index in [0.717, 1.165) is 24.2 Å². The van der Waals surface area contributed by atoms with Crippen LogP contribution in [-0.2, 0) is 4.79 Å². The average molecular weight is 462 g/mol. The zero-order chi connectivity index (χ0) is 21.4. The predicted molar refractivity (Wildman–Crippen MR) is 120 cm³/mol. The zero-order valence-electron chi connectivity index (χ0n) is 17.8. The Morgan fingerprint density at radius 2 is 1.65 bits per heavy atom. The molecule has 6 aliphatic rings. The summed E-state index contributed by atoms with van der Waals surface area (Å²) in [6.45, 7) is 1.30. The molecule has 2 aliphatic heterocycles. The summed E-state index contributed by atoms with van der Waals surface area (Å²) < 4.78 is 6.33. The minimum absolute atomic E-state index is 0.0268. The highest BCUT2D eigenvalue weighted by atomic mass is 35.5. The highest BCUT2D eigenvalue weighted by molar-refractivity contribution is 6.36. The van der Waals surface area contributed by atoms with E-state index >= 15 is 0 Å². The molecule has 1 aromatic rings. The van der Waals surface area contributed by atoms with E-state index in [4.69, 9.17) is 27.9 Å². The lowest BCUT2D eigenvalue weighted by Crippen LogP contribution is -2.54. The number of benzene rings is 1. The van der Waals surface area contributed by atoms with Gasteiger partial charge in [0.2, 0.25) is 5.91 Å². The van der Waals surface area contributed by atoms with E-state index in [2.05, 4.69) is 0 Å². The van der Waals surface area contributed by atoms with Crippen molar-refractivity contribution in [1.82, 2.24) is 4.90 Å². The Kier molecular flexibility index (Phi) is 4.67. The summed E-state index contributed by atoms with van der Waals surface area (Å²) in [5.41, 5.74) is 0.187. The number of piperidine rings is 1. The number of likely N-dealkylation sites (tertiary alicyclic amines) is 1. The molecule has 1 aromatic carbocycles. The Hall–Kier alpha value is -1.26. The number of amides is 1. The van der Waals surface area contributed by atoms with Gasteiger partial charge in [-0.1, -0.05) is 23.2 Å². The first-order valence-corrected chi connectivity index (χ1v) is 12.6. The second-order valence-electron chi connectivity index (χ2n) is 11.1. The van der Waals surface area contributed by atoms with Gasteiger partial charge in [0.25, 0.3) is 0 Å². The third-order valence-electron chi connectivity index (χ3n) is 8.83. The molecule has 31 heavy (non-hydrogen) atoms. The smallest absolute Gasteiger partial charge is 0.223 e. The summed E-state index contributed by atoms with van der Waals surface area (Å²) in [6, 6.07) is 3.26. The van der Waals surface area contributed by atoms with Crippen LogP contribution in [0.5, 0.6) is 5.75 Å². The Morgan fingerprint density at radius 1 is 1.03 bits per heavy atom. The van der Waals surface area contributed by atoms with Crippen LogP contribution >= 0.6 is 23.2 Å². The molecule has 1 amide bonds. The van der Waals surface area contributed by atoms with Gasteiger partial charge in [-0.25, -0.2) is 0 Å². The maximum atomic E-state index is 13.3. The molecule has 0 atom stereocenters. The summed E-state index contributed by atoms with van der Waals surface area (Å²) in [4.78, 5) is 28.1. The van der Waals surface area contributed by atoms with Crippen molar-refractivity contribution in [3.63, 3.8) is 0 Å². The van der Waals surface area contributed by atoms with Gasteiger partial charge < -0.3 is 9.64 Å². The van der Waals surface area contributed by atoms with E-state index in [9.17, 15) is 9.59 Å². The molecular formula is C25H29Cl2NO3. The number of hydrogen-bond donors (Lipinski definition) is 0. The Bertz CT molecular complexity index is 915. The highest BCUT2D eigenvalue weighted by Gasteiger charge is 2.52. The molecule has 0 radical (unpaired) electrons. The SMILES string of the molecule is O=C1CC2(CCN(C(=O)CC34CC5CC(CC(C5)C3)C4)CC2)Oc2c(Cl)cc(Cl)cc21. The predicted octanol–water partition coefficient (Wildman–Crippen LogP) is 5.93. The Labute approximate surface area is 193 Å². The van der Waals surface area contributed by atoms with E-state index < -0.39 is 5.60 Å². The molecule has 4 saturated carbocycles. The van der Waals surface area contributed by atoms with Crippen molar-refractivity contribution in [2.75, 3.05) is 13.1 Å². The number of ketones is 1. The number of ether oxygens (including phenoxy) is 1. The van der Waals surface area contributed by atoms with Crippen LogP contribution in [-0.4, -0.2) is 35.3 Å². The van der Waals surface area contributed by atoms with Crippen LogP contribution in [0.15, 0.2) is 12.1 Å². The third kappa shape index (κ3) is 3.49. The van der Waals surface area contributed by atoms with Gasteiger partial charge in [0.1, 0.15) is 11.4 Å². The molecule has 4 nitrogen and oxygen atoms in total.